The predicted octanol–water partition coefficient (Wildman–Crippen LogP) is 0.724. The number of hydrogen-bond donors (Lipinski definition) is 1. The minimum absolute atomic E-state index is 0.103. The monoisotopic (exact) mass is 183 g/mol. The van der Waals surface area contributed by atoms with E-state index in [0.717, 1.165) is 0 Å². The number of aromatic nitrogens is 2. The molecule has 0 atom stereocenters. The van der Waals surface area contributed by atoms with E-state index in [4.69, 9.17) is 28.5 Å². The van der Waals surface area contributed by atoms with E-state index in [1.807, 2.05) is 0 Å². The molecule has 0 aliphatic heterocycles. The molecule has 0 aliphatic rings. The highest BCUT2D eigenvalue weighted by molar-refractivity contribution is 6.31. The fourth-order valence-corrected chi connectivity index (χ4v) is 0.721. The van der Waals surface area contributed by atoms with E-state index in [2.05, 4.69) is 15.9 Å². The van der Waals surface area contributed by atoms with Crippen LogP contribution in [0, 0.1) is 12.3 Å². The summed E-state index contributed by atoms with van der Waals surface area (Å²) in [5.74, 6) is 2.59. The van der Waals surface area contributed by atoms with Crippen molar-refractivity contribution in [2.24, 2.45) is 0 Å². The third-order valence-corrected chi connectivity index (χ3v) is 1.28. The van der Waals surface area contributed by atoms with Crippen LogP contribution in [-0.4, -0.2) is 16.6 Å². The highest BCUT2D eigenvalue weighted by atomic mass is 35.5. The lowest BCUT2D eigenvalue weighted by atomic mass is 10.6. The van der Waals surface area contributed by atoms with E-state index in [-0.39, 0.29) is 18.4 Å². The molecule has 1 rings (SSSR count). The van der Waals surface area contributed by atoms with Gasteiger partial charge in [-0.2, -0.15) is 4.98 Å². The molecule has 5 heteroatoms. The molecule has 0 radical (unpaired) electrons. The van der Waals surface area contributed by atoms with Crippen LogP contribution in [0.4, 0.5) is 5.95 Å². The Morgan fingerprint density at radius 1 is 1.75 bits per heavy atom. The maximum absolute atomic E-state index is 5.66. The number of halogens is 1. The topological polar surface area (TPSA) is 61.0 Å². The Balaban J connectivity index is 2.84. The van der Waals surface area contributed by atoms with Gasteiger partial charge in [0.2, 0.25) is 11.8 Å². The maximum atomic E-state index is 5.66. The number of ether oxygens (including phenoxy) is 1. The van der Waals surface area contributed by atoms with Gasteiger partial charge in [-0.3, -0.25) is 0 Å². The van der Waals surface area contributed by atoms with Crippen LogP contribution in [-0.2, 0) is 0 Å². The van der Waals surface area contributed by atoms with E-state index >= 15 is 0 Å². The minimum atomic E-state index is 0.103. The Hall–Kier alpha value is -1.47. The average Bonchev–Trinajstić information content (AvgIpc) is 2.07. The molecular formula is C7H6ClN3O. The summed E-state index contributed by atoms with van der Waals surface area (Å²) >= 11 is 5.66. The molecule has 0 aliphatic carbocycles. The van der Waals surface area contributed by atoms with Gasteiger partial charge in [0, 0.05) is 0 Å². The minimum Gasteiger partial charge on any atom is -0.463 e. The molecule has 0 aromatic carbocycles. The fraction of sp³-hybridized carbons (Fsp3) is 0.143. The lowest BCUT2D eigenvalue weighted by Crippen LogP contribution is -2.01. The smallest absolute Gasteiger partial charge is 0.238 e. The Labute approximate surface area is 74.7 Å². The van der Waals surface area contributed by atoms with Gasteiger partial charge >= 0.3 is 0 Å². The zero-order valence-corrected chi connectivity index (χ0v) is 6.88. The van der Waals surface area contributed by atoms with Crippen molar-refractivity contribution < 1.29 is 4.74 Å². The van der Waals surface area contributed by atoms with Gasteiger partial charge in [-0.1, -0.05) is 17.5 Å². The first-order valence-electron chi connectivity index (χ1n) is 3.08. The summed E-state index contributed by atoms with van der Waals surface area (Å²) in [6.07, 6.45) is 6.33. The standard InChI is InChI=1S/C7H6ClN3O/c1-2-3-12-6-5(8)4-10-7(9)11-6/h1,4H,3H2,(H2,9,10,11). The highest BCUT2D eigenvalue weighted by Gasteiger charge is 2.03. The molecule has 2 N–H and O–H groups in total. The van der Waals surface area contributed by atoms with Gasteiger partial charge in [0.05, 0.1) is 6.20 Å². The van der Waals surface area contributed by atoms with Gasteiger partial charge in [0.25, 0.3) is 0 Å². The number of nitrogens with zero attached hydrogens (tertiary/aromatic N) is 2. The van der Waals surface area contributed by atoms with Crippen LogP contribution >= 0.6 is 11.6 Å². The molecule has 0 fully saturated rings. The summed E-state index contributed by atoms with van der Waals surface area (Å²) in [6.45, 7) is 0.107. The van der Waals surface area contributed by atoms with E-state index in [0.29, 0.717) is 5.02 Å². The third kappa shape index (κ3) is 2.01. The highest BCUT2D eigenvalue weighted by Crippen LogP contribution is 2.20. The number of terminal acetylenes is 1. The quantitative estimate of drug-likeness (QED) is 0.687. The van der Waals surface area contributed by atoms with Crippen molar-refractivity contribution in [3.8, 4) is 18.2 Å². The molecular weight excluding hydrogens is 178 g/mol. The van der Waals surface area contributed by atoms with Crippen molar-refractivity contribution in [3.05, 3.63) is 11.2 Å². The Bertz CT molecular complexity index is 321. The maximum Gasteiger partial charge on any atom is 0.238 e. The first-order chi connectivity index (χ1) is 5.74. The zero-order valence-electron chi connectivity index (χ0n) is 6.12. The van der Waals surface area contributed by atoms with E-state index < -0.39 is 0 Å². The van der Waals surface area contributed by atoms with Crippen molar-refractivity contribution in [1.29, 1.82) is 0 Å². The fourth-order valence-electron chi connectivity index (χ4n) is 0.576. The molecule has 62 valence electrons. The molecule has 0 saturated carbocycles. The van der Waals surface area contributed by atoms with Gasteiger partial charge in [-0.05, 0) is 0 Å². The van der Waals surface area contributed by atoms with Crippen LogP contribution < -0.4 is 10.5 Å². The normalized spacial score (nSPS) is 9.00. The number of hydrogen-bond acceptors (Lipinski definition) is 4. The van der Waals surface area contributed by atoms with Gasteiger partial charge < -0.3 is 10.5 Å². The number of nitrogen functional groups attached to an aromatic ring is 1. The first-order valence-corrected chi connectivity index (χ1v) is 3.46. The van der Waals surface area contributed by atoms with Crippen molar-refractivity contribution in [2.45, 2.75) is 0 Å². The summed E-state index contributed by atoms with van der Waals surface area (Å²) in [4.78, 5) is 7.38. The van der Waals surface area contributed by atoms with E-state index in [1.54, 1.807) is 0 Å². The SMILES string of the molecule is C#CCOc1nc(N)ncc1Cl. The van der Waals surface area contributed by atoms with Crippen LogP contribution in [0.5, 0.6) is 5.88 Å². The van der Waals surface area contributed by atoms with Gasteiger partial charge in [-0.15, -0.1) is 6.42 Å². The molecule has 1 aromatic heterocycles. The summed E-state index contributed by atoms with van der Waals surface area (Å²) in [7, 11) is 0. The summed E-state index contributed by atoms with van der Waals surface area (Å²) in [5, 5.41) is 0.291. The van der Waals surface area contributed by atoms with Crippen LogP contribution in [0.2, 0.25) is 5.02 Å². The molecule has 0 spiro atoms. The molecule has 0 amide bonds. The Morgan fingerprint density at radius 2 is 2.50 bits per heavy atom. The first kappa shape index (κ1) is 8.62. The van der Waals surface area contributed by atoms with Crippen molar-refractivity contribution >= 4 is 17.5 Å². The second-order valence-electron chi connectivity index (χ2n) is 1.87. The second kappa shape index (κ2) is 3.79. The van der Waals surface area contributed by atoms with Crippen molar-refractivity contribution in [3.63, 3.8) is 0 Å². The number of nitrogens with two attached hydrogens (primary N) is 1. The zero-order chi connectivity index (χ0) is 8.97. The number of rotatable bonds is 2. The summed E-state index contributed by atoms with van der Waals surface area (Å²) < 4.78 is 4.97. The lowest BCUT2D eigenvalue weighted by Gasteiger charge is -2.02. The van der Waals surface area contributed by atoms with Gasteiger partial charge in [0.15, 0.2) is 6.61 Å². The van der Waals surface area contributed by atoms with Crippen molar-refractivity contribution in [1.82, 2.24) is 9.97 Å². The van der Waals surface area contributed by atoms with Crippen LogP contribution in [0.25, 0.3) is 0 Å². The molecule has 0 unspecified atom stereocenters. The second-order valence-corrected chi connectivity index (χ2v) is 2.28. The molecule has 12 heavy (non-hydrogen) atoms. The Morgan fingerprint density at radius 3 is 3.17 bits per heavy atom. The lowest BCUT2D eigenvalue weighted by molar-refractivity contribution is 0.355. The molecule has 1 aromatic rings. The molecule has 1 heterocycles. The molecule has 0 bridgehead atoms. The summed E-state index contributed by atoms with van der Waals surface area (Å²) in [5.41, 5.74) is 5.29. The largest absolute Gasteiger partial charge is 0.463 e. The average molecular weight is 184 g/mol. The Kier molecular flexibility index (Phi) is 2.72. The van der Waals surface area contributed by atoms with Crippen molar-refractivity contribution in [2.75, 3.05) is 12.3 Å². The van der Waals surface area contributed by atoms with E-state index in [9.17, 15) is 0 Å². The van der Waals surface area contributed by atoms with Crippen LogP contribution in [0.1, 0.15) is 0 Å². The van der Waals surface area contributed by atoms with Crippen LogP contribution in [0.3, 0.4) is 0 Å². The van der Waals surface area contributed by atoms with E-state index in [1.165, 1.54) is 6.20 Å². The number of anilines is 1. The van der Waals surface area contributed by atoms with Gasteiger partial charge in [0.1, 0.15) is 5.02 Å². The third-order valence-electron chi connectivity index (χ3n) is 1.02. The predicted molar refractivity (Wildman–Crippen MR) is 45.8 cm³/mol. The van der Waals surface area contributed by atoms with Gasteiger partial charge in [-0.25, -0.2) is 4.98 Å². The van der Waals surface area contributed by atoms with Crippen LogP contribution in [0.15, 0.2) is 6.20 Å². The molecule has 4 nitrogen and oxygen atoms in total. The summed E-state index contributed by atoms with van der Waals surface area (Å²) in [6, 6.07) is 0. The molecule has 0 saturated heterocycles.